The highest BCUT2D eigenvalue weighted by Crippen LogP contribution is 2.34. The monoisotopic (exact) mass is 417 g/mol. The fourth-order valence-electron chi connectivity index (χ4n) is 3.59. The van der Waals surface area contributed by atoms with Crippen LogP contribution >= 0.6 is 11.8 Å². The third-order valence-electron chi connectivity index (χ3n) is 5.17. The fourth-order valence-corrected chi connectivity index (χ4v) is 5.96. The highest BCUT2D eigenvalue weighted by molar-refractivity contribution is 8.00. The van der Waals surface area contributed by atoms with Gasteiger partial charge >= 0.3 is 0 Å². The number of hydrogen-bond acceptors (Lipinski definition) is 5. The number of hydrogen-bond donors (Lipinski definition) is 1. The summed E-state index contributed by atoms with van der Waals surface area (Å²) in [7, 11) is -3.55. The first-order valence-electron chi connectivity index (χ1n) is 9.24. The number of rotatable bonds is 3. The molecular formula is C20H23N3O3S2. The molecule has 2 aliphatic heterocycles. The second-order valence-electron chi connectivity index (χ2n) is 7.18. The van der Waals surface area contributed by atoms with Crippen LogP contribution in [0.25, 0.3) is 0 Å². The number of anilines is 2. The minimum absolute atomic E-state index is 0.0596. The Labute approximate surface area is 170 Å². The van der Waals surface area contributed by atoms with Crippen LogP contribution in [0, 0.1) is 13.8 Å². The SMILES string of the molecule is Cc1ccc(C)c(N2CCN(S(=O)(=O)c3ccc4c(c3)SCC(=O)N4)CC2)c1. The zero-order valence-electron chi connectivity index (χ0n) is 15.9. The molecule has 2 aromatic rings. The Balaban J connectivity index is 1.51. The molecule has 1 amide bonds. The van der Waals surface area contributed by atoms with Gasteiger partial charge in [-0.05, 0) is 49.2 Å². The second kappa shape index (κ2) is 7.42. The maximum absolute atomic E-state index is 13.1. The van der Waals surface area contributed by atoms with Gasteiger partial charge in [-0.15, -0.1) is 11.8 Å². The van der Waals surface area contributed by atoms with E-state index in [1.807, 2.05) is 0 Å². The van der Waals surface area contributed by atoms with E-state index in [2.05, 4.69) is 42.3 Å². The van der Waals surface area contributed by atoms with Gasteiger partial charge in [0.1, 0.15) is 0 Å². The predicted molar refractivity (Wildman–Crippen MR) is 113 cm³/mol. The predicted octanol–water partition coefficient (Wildman–Crippen LogP) is 2.86. The van der Waals surface area contributed by atoms with E-state index in [-0.39, 0.29) is 10.8 Å². The summed E-state index contributed by atoms with van der Waals surface area (Å²) in [6, 6.07) is 11.3. The van der Waals surface area contributed by atoms with Gasteiger partial charge in [0.05, 0.1) is 16.3 Å². The molecular weight excluding hydrogens is 394 g/mol. The van der Waals surface area contributed by atoms with E-state index in [9.17, 15) is 13.2 Å². The van der Waals surface area contributed by atoms with Crippen LogP contribution < -0.4 is 10.2 Å². The first kappa shape index (κ1) is 19.3. The molecule has 8 heteroatoms. The number of amides is 1. The lowest BCUT2D eigenvalue weighted by Crippen LogP contribution is -2.48. The molecule has 1 saturated heterocycles. The first-order chi connectivity index (χ1) is 13.3. The topological polar surface area (TPSA) is 69.7 Å². The van der Waals surface area contributed by atoms with Crippen LogP contribution in [0.3, 0.4) is 0 Å². The van der Waals surface area contributed by atoms with Crippen LogP contribution in [-0.4, -0.2) is 50.6 Å². The van der Waals surface area contributed by atoms with Crippen molar-refractivity contribution in [3.63, 3.8) is 0 Å². The molecule has 2 heterocycles. The van der Waals surface area contributed by atoms with Crippen LogP contribution in [0.1, 0.15) is 11.1 Å². The molecule has 0 aliphatic carbocycles. The van der Waals surface area contributed by atoms with Crippen LogP contribution in [0.4, 0.5) is 11.4 Å². The molecule has 1 N–H and O–H groups in total. The number of fused-ring (bicyclic) bond motifs is 1. The van der Waals surface area contributed by atoms with Crippen LogP contribution in [0.15, 0.2) is 46.2 Å². The third-order valence-corrected chi connectivity index (χ3v) is 8.12. The van der Waals surface area contributed by atoms with Crippen molar-refractivity contribution in [3.8, 4) is 0 Å². The molecule has 0 unspecified atom stereocenters. The van der Waals surface area contributed by atoms with Crippen LogP contribution in [-0.2, 0) is 14.8 Å². The van der Waals surface area contributed by atoms with Gasteiger partial charge in [-0.2, -0.15) is 4.31 Å². The fraction of sp³-hybridized carbons (Fsp3) is 0.350. The normalized spacial score (nSPS) is 17.9. The molecule has 0 saturated carbocycles. The van der Waals surface area contributed by atoms with E-state index in [1.165, 1.54) is 28.6 Å². The summed E-state index contributed by atoms with van der Waals surface area (Å²) in [5.41, 5.74) is 4.27. The molecule has 1 fully saturated rings. The standard InChI is InChI=1S/C20H23N3O3S2/c1-14-3-4-15(2)18(11-14)22-7-9-23(10-8-22)28(25,26)16-5-6-17-19(12-16)27-13-20(24)21-17/h3-6,11-12H,7-10,13H2,1-2H3,(H,21,24). The highest BCUT2D eigenvalue weighted by Gasteiger charge is 2.30. The lowest BCUT2D eigenvalue weighted by molar-refractivity contribution is -0.113. The summed E-state index contributed by atoms with van der Waals surface area (Å²) < 4.78 is 27.8. The van der Waals surface area contributed by atoms with E-state index in [4.69, 9.17) is 0 Å². The number of carbonyl (C=O) groups excluding carboxylic acids is 1. The lowest BCUT2D eigenvalue weighted by atomic mass is 10.1. The smallest absolute Gasteiger partial charge is 0.243 e. The molecule has 6 nitrogen and oxygen atoms in total. The van der Waals surface area contributed by atoms with Gasteiger partial charge in [0.15, 0.2) is 0 Å². The molecule has 2 aliphatic rings. The van der Waals surface area contributed by atoms with E-state index in [0.717, 1.165) is 4.90 Å². The first-order valence-corrected chi connectivity index (χ1v) is 11.7. The molecule has 0 radical (unpaired) electrons. The minimum Gasteiger partial charge on any atom is -0.369 e. The average molecular weight is 418 g/mol. The third kappa shape index (κ3) is 3.64. The lowest BCUT2D eigenvalue weighted by Gasteiger charge is -2.36. The Morgan fingerprint density at radius 1 is 1.00 bits per heavy atom. The van der Waals surface area contributed by atoms with E-state index in [0.29, 0.717) is 37.6 Å². The van der Waals surface area contributed by atoms with E-state index >= 15 is 0 Å². The van der Waals surface area contributed by atoms with Gasteiger partial charge in [0.25, 0.3) is 0 Å². The maximum Gasteiger partial charge on any atom is 0.243 e. The van der Waals surface area contributed by atoms with Crippen molar-refractivity contribution in [2.75, 3.05) is 42.1 Å². The van der Waals surface area contributed by atoms with Crippen LogP contribution in [0.5, 0.6) is 0 Å². The quantitative estimate of drug-likeness (QED) is 0.832. The second-order valence-corrected chi connectivity index (χ2v) is 10.1. The Bertz CT molecular complexity index is 1030. The van der Waals surface area contributed by atoms with E-state index in [1.54, 1.807) is 22.5 Å². The van der Waals surface area contributed by atoms with E-state index < -0.39 is 10.0 Å². The Morgan fingerprint density at radius 3 is 2.50 bits per heavy atom. The number of piperazine rings is 1. The average Bonchev–Trinajstić information content (AvgIpc) is 2.69. The molecule has 0 aromatic heterocycles. The molecule has 2 aromatic carbocycles. The summed E-state index contributed by atoms with van der Waals surface area (Å²) in [6.45, 7) is 6.40. The van der Waals surface area contributed by atoms with Gasteiger partial charge in [-0.1, -0.05) is 12.1 Å². The summed E-state index contributed by atoms with van der Waals surface area (Å²) in [5, 5.41) is 2.78. The Hall–Kier alpha value is -2.03. The van der Waals surface area contributed by atoms with Gasteiger partial charge in [-0.25, -0.2) is 8.42 Å². The summed E-state index contributed by atoms with van der Waals surface area (Å²) in [5.74, 6) is 0.251. The van der Waals surface area contributed by atoms with Crippen molar-refractivity contribution in [2.24, 2.45) is 0 Å². The van der Waals surface area contributed by atoms with Crippen LogP contribution in [0.2, 0.25) is 0 Å². The molecule has 4 rings (SSSR count). The largest absolute Gasteiger partial charge is 0.369 e. The zero-order chi connectivity index (χ0) is 19.9. The molecule has 28 heavy (non-hydrogen) atoms. The zero-order valence-corrected chi connectivity index (χ0v) is 17.6. The van der Waals surface area contributed by atoms with Crippen molar-refractivity contribution >= 4 is 39.1 Å². The molecule has 148 valence electrons. The van der Waals surface area contributed by atoms with Gasteiger partial charge in [-0.3, -0.25) is 4.79 Å². The molecule has 0 bridgehead atoms. The van der Waals surface area contributed by atoms with Crippen molar-refractivity contribution < 1.29 is 13.2 Å². The number of nitrogens with zero attached hydrogens (tertiary/aromatic N) is 2. The van der Waals surface area contributed by atoms with Crippen molar-refractivity contribution in [1.82, 2.24) is 4.31 Å². The number of sulfonamides is 1. The molecule has 0 atom stereocenters. The Kier molecular flexibility index (Phi) is 5.11. The maximum atomic E-state index is 13.1. The summed E-state index contributed by atoms with van der Waals surface area (Å²) in [6.07, 6.45) is 0. The summed E-state index contributed by atoms with van der Waals surface area (Å²) >= 11 is 1.37. The van der Waals surface area contributed by atoms with Crippen molar-refractivity contribution in [1.29, 1.82) is 0 Å². The number of benzene rings is 2. The van der Waals surface area contributed by atoms with Crippen molar-refractivity contribution in [2.45, 2.75) is 23.6 Å². The summed E-state index contributed by atoms with van der Waals surface area (Å²) in [4.78, 5) is 14.8. The van der Waals surface area contributed by atoms with Gasteiger partial charge < -0.3 is 10.2 Å². The van der Waals surface area contributed by atoms with Crippen molar-refractivity contribution in [3.05, 3.63) is 47.5 Å². The number of aryl methyl sites for hydroxylation is 2. The number of carbonyl (C=O) groups is 1. The van der Waals surface area contributed by atoms with Gasteiger partial charge in [0, 0.05) is 36.8 Å². The molecule has 0 spiro atoms. The number of thioether (sulfide) groups is 1. The highest BCUT2D eigenvalue weighted by atomic mass is 32.2. The number of nitrogens with one attached hydrogen (secondary N) is 1. The Morgan fingerprint density at radius 2 is 1.75 bits per heavy atom. The van der Waals surface area contributed by atoms with Gasteiger partial charge in [0.2, 0.25) is 15.9 Å². The minimum atomic E-state index is -3.55.